The van der Waals surface area contributed by atoms with Crippen molar-refractivity contribution in [1.82, 2.24) is 0 Å². The van der Waals surface area contributed by atoms with Gasteiger partial charge in [-0.3, -0.25) is 0 Å². The second-order valence-electron chi connectivity index (χ2n) is 3.40. The van der Waals surface area contributed by atoms with E-state index in [2.05, 4.69) is 26.0 Å². The molecule has 84 valence electrons. The number of ether oxygens (including phenoxy) is 2. The lowest BCUT2D eigenvalue weighted by Crippen LogP contribution is -2.05. The monoisotopic (exact) mass is 200 g/mol. The molecule has 0 aromatic rings. The van der Waals surface area contributed by atoms with Crippen molar-refractivity contribution in [2.45, 2.75) is 46.1 Å². The highest BCUT2D eigenvalue weighted by Gasteiger charge is 1.95. The van der Waals surface area contributed by atoms with Crippen LogP contribution in [0.15, 0.2) is 12.2 Å². The van der Waals surface area contributed by atoms with Crippen LogP contribution in [-0.4, -0.2) is 25.9 Å². The minimum absolute atomic E-state index is 0.326. The molecule has 0 aliphatic heterocycles. The predicted octanol–water partition coefficient (Wildman–Crippen LogP) is 3.17. The molecule has 14 heavy (non-hydrogen) atoms. The first-order valence-electron chi connectivity index (χ1n) is 5.65. The number of hydrogen-bond donors (Lipinski definition) is 0. The molecule has 0 fully saturated rings. The Morgan fingerprint density at radius 2 is 2.00 bits per heavy atom. The molecular weight excluding hydrogens is 176 g/mol. The van der Waals surface area contributed by atoms with Gasteiger partial charge in [-0.05, 0) is 26.7 Å². The molecule has 0 heterocycles. The summed E-state index contributed by atoms with van der Waals surface area (Å²) in [5.41, 5.74) is 0. The molecule has 0 aromatic carbocycles. The average molecular weight is 200 g/mol. The van der Waals surface area contributed by atoms with Gasteiger partial charge in [0, 0.05) is 13.2 Å². The zero-order valence-corrected chi connectivity index (χ0v) is 9.79. The minimum Gasteiger partial charge on any atom is -0.378 e. The average Bonchev–Trinajstić information content (AvgIpc) is 2.17. The second-order valence-corrected chi connectivity index (χ2v) is 3.40. The highest BCUT2D eigenvalue weighted by molar-refractivity contribution is 4.83. The number of rotatable bonds is 9. The molecule has 0 spiro atoms. The molecule has 2 nitrogen and oxygen atoms in total. The van der Waals surface area contributed by atoms with Crippen LogP contribution >= 0.6 is 0 Å². The van der Waals surface area contributed by atoms with Gasteiger partial charge < -0.3 is 9.47 Å². The fourth-order valence-corrected chi connectivity index (χ4v) is 1.11. The molecule has 0 saturated heterocycles. The third-order valence-corrected chi connectivity index (χ3v) is 1.94. The Hall–Kier alpha value is -0.340. The van der Waals surface area contributed by atoms with Gasteiger partial charge in [0.25, 0.3) is 0 Å². The zero-order valence-electron chi connectivity index (χ0n) is 9.79. The van der Waals surface area contributed by atoms with E-state index in [1.54, 1.807) is 0 Å². The molecule has 0 rings (SSSR count). The van der Waals surface area contributed by atoms with Gasteiger partial charge in [-0.2, -0.15) is 0 Å². The molecule has 0 saturated carbocycles. The van der Waals surface area contributed by atoms with Crippen LogP contribution in [0.4, 0.5) is 0 Å². The molecule has 0 aliphatic rings. The lowest BCUT2D eigenvalue weighted by atomic mass is 10.2. The summed E-state index contributed by atoms with van der Waals surface area (Å²) in [4.78, 5) is 0. The maximum absolute atomic E-state index is 5.39. The van der Waals surface area contributed by atoms with Crippen LogP contribution in [0.2, 0.25) is 0 Å². The first-order chi connectivity index (χ1) is 6.81. The van der Waals surface area contributed by atoms with Crippen molar-refractivity contribution >= 4 is 0 Å². The highest BCUT2D eigenvalue weighted by Crippen LogP contribution is 1.98. The van der Waals surface area contributed by atoms with Crippen molar-refractivity contribution in [3.63, 3.8) is 0 Å². The maximum atomic E-state index is 5.39. The molecule has 0 aromatic heterocycles. The SMILES string of the molecule is CCCCOC/C=C\C[C@H](C)OCC. The van der Waals surface area contributed by atoms with E-state index >= 15 is 0 Å². The lowest BCUT2D eigenvalue weighted by molar-refractivity contribution is 0.0785. The summed E-state index contributed by atoms with van der Waals surface area (Å²) in [6.45, 7) is 8.69. The van der Waals surface area contributed by atoms with Crippen LogP contribution in [0.25, 0.3) is 0 Å². The van der Waals surface area contributed by atoms with Gasteiger partial charge in [-0.1, -0.05) is 25.5 Å². The maximum Gasteiger partial charge on any atom is 0.0647 e. The summed E-state index contributed by atoms with van der Waals surface area (Å²) in [5.74, 6) is 0. The third-order valence-electron chi connectivity index (χ3n) is 1.94. The van der Waals surface area contributed by atoms with Crippen molar-refractivity contribution in [2.75, 3.05) is 19.8 Å². The molecule has 0 bridgehead atoms. The van der Waals surface area contributed by atoms with E-state index in [4.69, 9.17) is 9.47 Å². The van der Waals surface area contributed by atoms with Gasteiger partial charge in [-0.25, -0.2) is 0 Å². The topological polar surface area (TPSA) is 18.5 Å². The summed E-state index contributed by atoms with van der Waals surface area (Å²) in [6, 6.07) is 0. The molecule has 2 heteroatoms. The molecular formula is C12H24O2. The van der Waals surface area contributed by atoms with Crippen LogP contribution in [0.3, 0.4) is 0 Å². The summed E-state index contributed by atoms with van der Waals surface area (Å²) >= 11 is 0. The van der Waals surface area contributed by atoms with Crippen LogP contribution < -0.4 is 0 Å². The summed E-state index contributed by atoms with van der Waals surface area (Å²) in [7, 11) is 0. The third kappa shape index (κ3) is 9.75. The molecule has 0 unspecified atom stereocenters. The van der Waals surface area contributed by atoms with E-state index in [1.165, 1.54) is 6.42 Å². The van der Waals surface area contributed by atoms with E-state index in [1.807, 2.05) is 6.92 Å². The molecule has 0 aliphatic carbocycles. The first kappa shape index (κ1) is 13.7. The Labute approximate surface area is 88.3 Å². The number of unbranched alkanes of at least 4 members (excludes halogenated alkanes) is 1. The highest BCUT2D eigenvalue weighted by atomic mass is 16.5. The van der Waals surface area contributed by atoms with Crippen molar-refractivity contribution in [3.05, 3.63) is 12.2 Å². The Morgan fingerprint density at radius 1 is 1.21 bits per heavy atom. The van der Waals surface area contributed by atoms with E-state index < -0.39 is 0 Å². The van der Waals surface area contributed by atoms with Crippen molar-refractivity contribution in [3.8, 4) is 0 Å². The van der Waals surface area contributed by atoms with Gasteiger partial charge in [0.1, 0.15) is 0 Å². The number of hydrogen-bond acceptors (Lipinski definition) is 2. The smallest absolute Gasteiger partial charge is 0.0647 e. The van der Waals surface area contributed by atoms with Crippen LogP contribution in [-0.2, 0) is 9.47 Å². The van der Waals surface area contributed by atoms with E-state index in [0.29, 0.717) is 6.10 Å². The van der Waals surface area contributed by atoms with E-state index in [9.17, 15) is 0 Å². The summed E-state index contributed by atoms with van der Waals surface area (Å²) in [5, 5.41) is 0. The first-order valence-corrected chi connectivity index (χ1v) is 5.65. The predicted molar refractivity (Wildman–Crippen MR) is 60.6 cm³/mol. The van der Waals surface area contributed by atoms with Gasteiger partial charge in [-0.15, -0.1) is 0 Å². The second kappa shape index (κ2) is 10.7. The normalized spacial score (nSPS) is 13.6. The Kier molecular flexibility index (Phi) is 10.5. The standard InChI is InChI=1S/C12H24O2/c1-4-6-10-13-11-8-7-9-12(3)14-5-2/h7-8,12H,4-6,9-11H2,1-3H3/b8-7-/t12-/m0/s1. The Balaban J connectivity index is 3.18. The summed E-state index contributed by atoms with van der Waals surface area (Å²) < 4.78 is 10.8. The molecule has 0 amide bonds. The van der Waals surface area contributed by atoms with Crippen molar-refractivity contribution in [2.24, 2.45) is 0 Å². The molecule has 0 radical (unpaired) electrons. The van der Waals surface area contributed by atoms with E-state index in [0.717, 1.165) is 32.7 Å². The van der Waals surface area contributed by atoms with Gasteiger partial charge >= 0.3 is 0 Å². The zero-order chi connectivity index (χ0) is 10.6. The fourth-order valence-electron chi connectivity index (χ4n) is 1.11. The van der Waals surface area contributed by atoms with Gasteiger partial charge in [0.15, 0.2) is 0 Å². The van der Waals surface area contributed by atoms with Crippen LogP contribution in [0.1, 0.15) is 40.0 Å². The minimum atomic E-state index is 0.326. The van der Waals surface area contributed by atoms with E-state index in [-0.39, 0.29) is 0 Å². The Morgan fingerprint density at radius 3 is 2.64 bits per heavy atom. The fraction of sp³-hybridized carbons (Fsp3) is 0.833. The lowest BCUT2D eigenvalue weighted by Gasteiger charge is -2.07. The largest absolute Gasteiger partial charge is 0.378 e. The van der Waals surface area contributed by atoms with Gasteiger partial charge in [0.05, 0.1) is 12.7 Å². The van der Waals surface area contributed by atoms with Gasteiger partial charge in [0.2, 0.25) is 0 Å². The Bertz CT molecular complexity index is 132. The molecule has 0 N–H and O–H groups in total. The summed E-state index contributed by atoms with van der Waals surface area (Å²) in [6.07, 6.45) is 7.86. The van der Waals surface area contributed by atoms with Crippen LogP contribution in [0, 0.1) is 0 Å². The van der Waals surface area contributed by atoms with Crippen molar-refractivity contribution < 1.29 is 9.47 Å². The van der Waals surface area contributed by atoms with Crippen LogP contribution in [0.5, 0.6) is 0 Å². The quantitative estimate of drug-likeness (QED) is 0.420. The van der Waals surface area contributed by atoms with Crippen molar-refractivity contribution in [1.29, 1.82) is 0 Å². The molecule has 1 atom stereocenters.